The zero-order valence-electron chi connectivity index (χ0n) is 9.16. The van der Waals surface area contributed by atoms with E-state index >= 15 is 0 Å². The Hall–Kier alpha value is 0.374. The first-order chi connectivity index (χ1) is 7.42. The molecular weight excluding hydrogens is 336 g/mol. The van der Waals surface area contributed by atoms with Gasteiger partial charge in [0.05, 0.1) is 6.10 Å². The maximum absolute atomic E-state index is 5.65. The third-order valence-corrected chi connectivity index (χ3v) is 3.17. The molecular formula is C14H15EuO-. The van der Waals surface area contributed by atoms with Gasteiger partial charge in [0.2, 0.25) is 0 Å². The van der Waals surface area contributed by atoms with Crippen molar-refractivity contribution in [3.05, 3.63) is 42.0 Å². The summed E-state index contributed by atoms with van der Waals surface area (Å²) >= 11 is 0. The van der Waals surface area contributed by atoms with Gasteiger partial charge in [0, 0.05) is 56.0 Å². The molecule has 0 aliphatic carbocycles. The van der Waals surface area contributed by atoms with Crippen molar-refractivity contribution >= 4 is 10.8 Å². The molecule has 0 aromatic heterocycles. The van der Waals surface area contributed by atoms with Gasteiger partial charge in [-0.15, -0.1) is 40.6 Å². The largest absolute Gasteiger partial charge is 0.378 e. The molecule has 1 atom stereocenters. The summed E-state index contributed by atoms with van der Waals surface area (Å²) in [5, 5.41) is 2.70. The number of benzene rings is 1. The fraction of sp³-hybridized carbons (Fsp3) is 0.357. The molecule has 0 spiro atoms. The van der Waals surface area contributed by atoms with Crippen LogP contribution in [0.25, 0.3) is 10.8 Å². The van der Waals surface area contributed by atoms with Gasteiger partial charge in [-0.3, -0.25) is 0 Å². The van der Waals surface area contributed by atoms with Crippen molar-refractivity contribution in [3.63, 3.8) is 0 Å². The van der Waals surface area contributed by atoms with Crippen LogP contribution in [0.4, 0.5) is 0 Å². The van der Waals surface area contributed by atoms with Crippen molar-refractivity contribution in [1.29, 1.82) is 0 Å². The normalized spacial score (nSPS) is 19.9. The molecule has 16 heavy (non-hydrogen) atoms. The third-order valence-electron chi connectivity index (χ3n) is 3.17. The first kappa shape index (κ1) is 12.8. The second kappa shape index (κ2) is 5.81. The molecule has 1 aliphatic rings. The van der Waals surface area contributed by atoms with Crippen LogP contribution in [0.1, 0.15) is 18.4 Å². The number of fused-ring (bicyclic) bond motifs is 1. The van der Waals surface area contributed by atoms with Crippen molar-refractivity contribution in [2.45, 2.75) is 25.4 Å². The standard InChI is InChI=1S/C14H15O.Eu/c1-2-5-13-9-11(8-12(13)4-1)10-14-6-3-7-15-14;/h1-2,4-5,8-9,14H,3,6-7,10H2;/q-1;. The van der Waals surface area contributed by atoms with Crippen LogP contribution < -0.4 is 0 Å². The first-order valence-corrected chi connectivity index (χ1v) is 5.68. The van der Waals surface area contributed by atoms with E-state index in [2.05, 4.69) is 36.4 Å². The van der Waals surface area contributed by atoms with Crippen LogP contribution in [0.2, 0.25) is 0 Å². The maximum Gasteiger partial charge on any atom is 0.0600 e. The molecule has 1 heterocycles. The molecule has 1 radical (unpaired) electrons. The van der Waals surface area contributed by atoms with E-state index in [0.717, 1.165) is 13.0 Å². The molecule has 1 nitrogen and oxygen atoms in total. The van der Waals surface area contributed by atoms with Crippen LogP contribution in [0.15, 0.2) is 36.4 Å². The minimum absolute atomic E-state index is 0. The quantitative estimate of drug-likeness (QED) is 0.755. The number of rotatable bonds is 2. The van der Waals surface area contributed by atoms with Gasteiger partial charge in [-0.2, -0.15) is 6.07 Å². The van der Waals surface area contributed by atoms with Crippen LogP contribution in [-0.2, 0) is 11.2 Å². The van der Waals surface area contributed by atoms with E-state index in [1.165, 1.54) is 29.2 Å². The van der Waals surface area contributed by atoms with Gasteiger partial charge in [0.1, 0.15) is 0 Å². The van der Waals surface area contributed by atoms with Crippen molar-refractivity contribution in [1.82, 2.24) is 0 Å². The molecule has 1 aliphatic heterocycles. The summed E-state index contributed by atoms with van der Waals surface area (Å²) in [6.45, 7) is 0.949. The molecule has 2 aromatic carbocycles. The molecule has 1 saturated heterocycles. The predicted molar refractivity (Wildman–Crippen MR) is 62.2 cm³/mol. The van der Waals surface area contributed by atoms with Gasteiger partial charge in [0.15, 0.2) is 0 Å². The Morgan fingerprint density at radius 1 is 1.31 bits per heavy atom. The summed E-state index contributed by atoms with van der Waals surface area (Å²) in [5.74, 6) is 0. The number of hydrogen-bond donors (Lipinski definition) is 0. The number of ether oxygens (including phenoxy) is 1. The third kappa shape index (κ3) is 2.79. The zero-order chi connectivity index (χ0) is 10.1. The monoisotopic (exact) mass is 352 g/mol. The minimum atomic E-state index is 0. The van der Waals surface area contributed by atoms with Crippen LogP contribution in [-0.4, -0.2) is 12.7 Å². The van der Waals surface area contributed by atoms with Gasteiger partial charge in [-0.25, -0.2) is 0 Å². The first-order valence-electron chi connectivity index (χ1n) is 5.68. The maximum atomic E-state index is 5.65. The summed E-state index contributed by atoms with van der Waals surface area (Å²) in [6.07, 6.45) is 3.99. The second-order valence-corrected chi connectivity index (χ2v) is 4.33. The van der Waals surface area contributed by atoms with Crippen LogP contribution in [0, 0.1) is 49.4 Å². The van der Waals surface area contributed by atoms with E-state index in [9.17, 15) is 0 Å². The Morgan fingerprint density at radius 2 is 2.19 bits per heavy atom. The molecule has 1 fully saturated rings. The molecule has 0 N–H and O–H groups in total. The topological polar surface area (TPSA) is 9.23 Å². The number of hydrogen-bond acceptors (Lipinski definition) is 1. The van der Waals surface area contributed by atoms with E-state index in [-0.39, 0.29) is 49.4 Å². The van der Waals surface area contributed by atoms with Crippen molar-refractivity contribution in [2.24, 2.45) is 0 Å². The van der Waals surface area contributed by atoms with Crippen LogP contribution in [0.3, 0.4) is 0 Å². The Balaban J connectivity index is 0.000000963. The summed E-state index contributed by atoms with van der Waals surface area (Å²) in [5.41, 5.74) is 1.42. The smallest absolute Gasteiger partial charge is 0.0600 e. The predicted octanol–water partition coefficient (Wildman–Crippen LogP) is 3.28. The summed E-state index contributed by atoms with van der Waals surface area (Å²) in [7, 11) is 0. The van der Waals surface area contributed by atoms with Crippen molar-refractivity contribution in [2.75, 3.05) is 6.61 Å². The van der Waals surface area contributed by atoms with Crippen molar-refractivity contribution < 1.29 is 54.1 Å². The molecule has 3 rings (SSSR count). The molecule has 2 aromatic rings. The Kier molecular flexibility index (Phi) is 4.66. The van der Waals surface area contributed by atoms with Gasteiger partial charge in [0.25, 0.3) is 0 Å². The molecule has 0 saturated carbocycles. The zero-order valence-corrected chi connectivity index (χ0v) is 11.6. The van der Waals surface area contributed by atoms with E-state index < -0.39 is 0 Å². The van der Waals surface area contributed by atoms with Gasteiger partial charge < -0.3 is 4.74 Å². The average Bonchev–Trinajstić information content (AvgIpc) is 2.86. The van der Waals surface area contributed by atoms with Crippen LogP contribution >= 0.6 is 0 Å². The van der Waals surface area contributed by atoms with Gasteiger partial charge in [-0.05, 0) is 19.3 Å². The molecule has 2 heteroatoms. The van der Waals surface area contributed by atoms with E-state index in [4.69, 9.17) is 4.74 Å². The SMILES string of the molecule is [Eu].c1ccc2[cH-]c(CC3CCCO3)cc2c1. The molecule has 0 bridgehead atoms. The minimum Gasteiger partial charge on any atom is -0.378 e. The Bertz CT molecular complexity index is 421. The Labute approximate surface area is 137 Å². The summed E-state index contributed by atoms with van der Waals surface area (Å²) in [4.78, 5) is 0. The fourth-order valence-corrected chi connectivity index (χ4v) is 2.40. The molecule has 0 amide bonds. The van der Waals surface area contributed by atoms with Crippen molar-refractivity contribution in [3.8, 4) is 0 Å². The van der Waals surface area contributed by atoms with E-state index in [0.29, 0.717) is 6.10 Å². The van der Waals surface area contributed by atoms with Gasteiger partial charge in [-0.1, -0.05) is 6.07 Å². The molecule has 1 unspecified atom stereocenters. The summed E-state index contributed by atoms with van der Waals surface area (Å²) < 4.78 is 5.65. The van der Waals surface area contributed by atoms with E-state index in [1.54, 1.807) is 0 Å². The second-order valence-electron chi connectivity index (χ2n) is 4.33. The Morgan fingerprint density at radius 3 is 2.94 bits per heavy atom. The molecule has 85 valence electrons. The summed E-state index contributed by atoms with van der Waals surface area (Å²) in [6, 6.07) is 13.1. The van der Waals surface area contributed by atoms with Gasteiger partial charge >= 0.3 is 0 Å². The fourth-order valence-electron chi connectivity index (χ4n) is 2.40. The average molecular weight is 351 g/mol. The van der Waals surface area contributed by atoms with Crippen LogP contribution in [0.5, 0.6) is 0 Å². The van der Waals surface area contributed by atoms with E-state index in [1.807, 2.05) is 0 Å².